The van der Waals surface area contributed by atoms with Gasteiger partial charge in [0.2, 0.25) is 0 Å². The minimum atomic E-state index is -0.0156. The molecule has 1 aromatic heterocycles. The maximum Gasteiger partial charge on any atom is 0.128 e. The van der Waals surface area contributed by atoms with Crippen LogP contribution in [0.15, 0.2) is 60.9 Å². The summed E-state index contributed by atoms with van der Waals surface area (Å²) in [5.41, 5.74) is 9.66. The van der Waals surface area contributed by atoms with Gasteiger partial charge >= 0.3 is 0 Å². The van der Waals surface area contributed by atoms with Gasteiger partial charge in [0.25, 0.3) is 0 Å². The van der Waals surface area contributed by atoms with Crippen LogP contribution in [0.4, 0.5) is 0 Å². The number of imidazole rings is 1. The van der Waals surface area contributed by atoms with Crippen LogP contribution < -0.4 is 10.5 Å². The molecule has 27 heavy (non-hydrogen) atoms. The lowest BCUT2D eigenvalue weighted by Gasteiger charge is -2.15. The predicted octanol–water partition coefficient (Wildman–Crippen LogP) is 3.72. The summed E-state index contributed by atoms with van der Waals surface area (Å²) in [7, 11) is 0. The lowest BCUT2D eigenvalue weighted by atomic mass is 10.0. The molecule has 0 saturated heterocycles. The van der Waals surface area contributed by atoms with Gasteiger partial charge < -0.3 is 20.1 Å². The number of hydrogen-bond donors (Lipinski definition) is 2. The van der Waals surface area contributed by atoms with Crippen molar-refractivity contribution in [2.24, 2.45) is 5.73 Å². The number of unbranched alkanes of at least 4 members (excludes halogenated alkanes) is 2. The van der Waals surface area contributed by atoms with E-state index in [1.54, 1.807) is 0 Å². The molecule has 0 aliphatic heterocycles. The van der Waals surface area contributed by atoms with E-state index in [-0.39, 0.29) is 13.2 Å². The van der Waals surface area contributed by atoms with E-state index in [9.17, 15) is 0 Å². The molecule has 0 saturated carbocycles. The maximum absolute atomic E-state index is 9.15. The first-order valence-corrected chi connectivity index (χ1v) is 9.49. The first kappa shape index (κ1) is 19.1. The molecule has 0 unspecified atom stereocenters. The number of rotatable bonds is 10. The van der Waals surface area contributed by atoms with Gasteiger partial charge in [0.05, 0.1) is 24.3 Å². The van der Waals surface area contributed by atoms with Crippen molar-refractivity contribution in [3.63, 3.8) is 0 Å². The second-order valence-corrected chi connectivity index (χ2v) is 6.42. The average molecular weight is 365 g/mol. The second-order valence-electron chi connectivity index (χ2n) is 6.42. The van der Waals surface area contributed by atoms with Crippen molar-refractivity contribution in [2.45, 2.75) is 25.8 Å². The molecule has 3 rings (SSSR count). The Balaban J connectivity index is 2.02. The minimum Gasteiger partial charge on any atom is -0.490 e. The van der Waals surface area contributed by atoms with Crippen molar-refractivity contribution in [2.75, 3.05) is 19.8 Å². The zero-order chi connectivity index (χ0) is 18.9. The Morgan fingerprint density at radius 1 is 0.963 bits per heavy atom. The minimum absolute atomic E-state index is 0.0156. The van der Waals surface area contributed by atoms with Crippen LogP contribution in [0.1, 0.15) is 19.3 Å². The topological polar surface area (TPSA) is 73.3 Å². The maximum atomic E-state index is 9.15. The smallest absolute Gasteiger partial charge is 0.128 e. The molecule has 0 fully saturated rings. The molecule has 3 aromatic rings. The van der Waals surface area contributed by atoms with E-state index in [0.29, 0.717) is 0 Å². The number of nitrogens with two attached hydrogens (primary N) is 1. The number of aromatic nitrogens is 2. The van der Waals surface area contributed by atoms with Gasteiger partial charge in [-0.25, -0.2) is 4.98 Å². The number of aryl methyl sites for hydroxylation is 1. The zero-order valence-electron chi connectivity index (χ0n) is 15.6. The molecule has 1 heterocycles. The second kappa shape index (κ2) is 9.90. The third kappa shape index (κ3) is 4.76. The summed E-state index contributed by atoms with van der Waals surface area (Å²) in [6.45, 7) is 1.86. The Morgan fingerprint density at radius 3 is 2.52 bits per heavy atom. The number of hydrogen-bond acceptors (Lipinski definition) is 4. The molecule has 0 aliphatic carbocycles. The molecular weight excluding hydrogens is 338 g/mol. The van der Waals surface area contributed by atoms with Crippen molar-refractivity contribution in [1.29, 1.82) is 0 Å². The van der Waals surface area contributed by atoms with E-state index >= 15 is 0 Å². The van der Waals surface area contributed by atoms with Gasteiger partial charge in [0.1, 0.15) is 12.4 Å². The highest BCUT2D eigenvalue weighted by atomic mass is 16.5. The van der Waals surface area contributed by atoms with Gasteiger partial charge in [0, 0.05) is 17.7 Å². The van der Waals surface area contributed by atoms with Crippen LogP contribution in [0.5, 0.6) is 5.75 Å². The number of para-hydroxylation sites is 1. The lowest BCUT2D eigenvalue weighted by Crippen LogP contribution is -2.05. The fraction of sp³-hybridized carbons (Fsp3) is 0.318. The lowest BCUT2D eigenvalue weighted by molar-refractivity contribution is 0.202. The van der Waals surface area contributed by atoms with Crippen LogP contribution in [0, 0.1) is 0 Å². The van der Waals surface area contributed by atoms with Crippen LogP contribution in [-0.4, -0.2) is 34.4 Å². The van der Waals surface area contributed by atoms with Crippen molar-refractivity contribution in [3.8, 4) is 28.3 Å². The highest BCUT2D eigenvalue weighted by Crippen LogP contribution is 2.36. The molecule has 5 heteroatoms. The molecule has 0 atom stereocenters. The van der Waals surface area contributed by atoms with Crippen LogP contribution in [-0.2, 0) is 6.54 Å². The van der Waals surface area contributed by atoms with E-state index in [4.69, 9.17) is 20.6 Å². The predicted molar refractivity (Wildman–Crippen MR) is 109 cm³/mol. The largest absolute Gasteiger partial charge is 0.490 e. The highest BCUT2D eigenvalue weighted by Gasteiger charge is 2.18. The molecule has 2 aromatic carbocycles. The van der Waals surface area contributed by atoms with Gasteiger partial charge in [0.15, 0.2) is 0 Å². The van der Waals surface area contributed by atoms with Crippen LogP contribution >= 0.6 is 0 Å². The summed E-state index contributed by atoms with van der Waals surface area (Å²) in [6.07, 6.45) is 5.08. The third-order valence-corrected chi connectivity index (χ3v) is 4.48. The number of nitrogens with zero attached hydrogens (tertiary/aromatic N) is 2. The molecule has 0 radical (unpaired) electrons. The first-order valence-electron chi connectivity index (χ1n) is 9.49. The van der Waals surface area contributed by atoms with E-state index in [2.05, 4.69) is 16.7 Å². The zero-order valence-corrected chi connectivity index (χ0v) is 15.6. The molecule has 0 amide bonds. The molecule has 0 aliphatic rings. The van der Waals surface area contributed by atoms with Crippen molar-refractivity contribution in [1.82, 2.24) is 9.55 Å². The summed E-state index contributed by atoms with van der Waals surface area (Å²) in [4.78, 5) is 4.72. The number of aliphatic hydroxyl groups is 1. The summed E-state index contributed by atoms with van der Waals surface area (Å²) in [5.74, 6) is 0.757. The molecule has 0 spiro atoms. The molecule has 3 N–H and O–H groups in total. The summed E-state index contributed by atoms with van der Waals surface area (Å²) >= 11 is 0. The van der Waals surface area contributed by atoms with Crippen molar-refractivity contribution < 1.29 is 9.84 Å². The fourth-order valence-corrected chi connectivity index (χ4v) is 3.19. The summed E-state index contributed by atoms with van der Waals surface area (Å²) in [6, 6.07) is 18.1. The summed E-state index contributed by atoms with van der Waals surface area (Å²) in [5, 5.41) is 9.15. The average Bonchev–Trinajstić information content (AvgIpc) is 3.14. The number of aliphatic hydroxyl groups excluding tert-OH is 1. The molecular formula is C22H27N3O2. The number of benzene rings is 2. The third-order valence-electron chi connectivity index (χ3n) is 4.48. The van der Waals surface area contributed by atoms with Crippen molar-refractivity contribution >= 4 is 0 Å². The van der Waals surface area contributed by atoms with Crippen molar-refractivity contribution in [3.05, 3.63) is 60.9 Å². The van der Waals surface area contributed by atoms with E-state index in [0.717, 1.165) is 60.6 Å². The van der Waals surface area contributed by atoms with E-state index in [1.807, 2.05) is 48.8 Å². The van der Waals surface area contributed by atoms with Gasteiger partial charge in [-0.15, -0.1) is 0 Å². The Hall–Kier alpha value is -2.63. The van der Waals surface area contributed by atoms with Gasteiger partial charge in [-0.2, -0.15) is 0 Å². The monoisotopic (exact) mass is 365 g/mol. The SMILES string of the molecule is NCCCCCn1cnc(-c2ccccc2)c1-c1ccccc1OCCO. The standard InChI is InChI=1S/C22H27N3O2/c23-13-7-2-8-14-25-17-24-21(18-9-3-1-4-10-18)22(25)19-11-5-6-12-20(19)27-16-15-26/h1,3-6,9-12,17,26H,2,7-8,13-16,23H2. The summed E-state index contributed by atoms with van der Waals surface area (Å²) < 4.78 is 7.99. The Kier molecular flexibility index (Phi) is 7.02. The van der Waals surface area contributed by atoms with Crippen LogP contribution in [0.25, 0.3) is 22.5 Å². The van der Waals surface area contributed by atoms with E-state index < -0.39 is 0 Å². The van der Waals surface area contributed by atoms with E-state index in [1.165, 1.54) is 0 Å². The quantitative estimate of drug-likeness (QED) is 0.537. The van der Waals surface area contributed by atoms with Gasteiger partial charge in [-0.05, 0) is 31.5 Å². The highest BCUT2D eigenvalue weighted by molar-refractivity contribution is 5.81. The first-order chi connectivity index (χ1) is 13.3. The molecule has 0 bridgehead atoms. The fourth-order valence-electron chi connectivity index (χ4n) is 3.19. The normalized spacial score (nSPS) is 10.9. The molecule has 5 nitrogen and oxygen atoms in total. The van der Waals surface area contributed by atoms with Gasteiger partial charge in [-0.3, -0.25) is 0 Å². The van der Waals surface area contributed by atoms with Gasteiger partial charge in [-0.1, -0.05) is 48.9 Å². The number of ether oxygens (including phenoxy) is 1. The Morgan fingerprint density at radius 2 is 1.74 bits per heavy atom. The molecule has 142 valence electrons. The Labute approximate surface area is 160 Å². The Bertz CT molecular complexity index is 831. The van der Waals surface area contributed by atoms with Crippen LogP contribution in [0.3, 0.4) is 0 Å². The van der Waals surface area contributed by atoms with Crippen LogP contribution in [0.2, 0.25) is 0 Å².